The van der Waals surface area contributed by atoms with Gasteiger partial charge in [-0.15, -0.1) is 11.8 Å². The van der Waals surface area contributed by atoms with Gasteiger partial charge in [-0.2, -0.15) is 0 Å². The molecule has 0 aliphatic carbocycles. The van der Waals surface area contributed by atoms with E-state index in [0.29, 0.717) is 13.2 Å². The Kier molecular flexibility index (Phi) is 2.61. The largest absolute Gasteiger partial charge is 0.377 e. The Balaban J connectivity index is 1.73. The van der Waals surface area contributed by atoms with E-state index in [4.69, 9.17) is 4.74 Å². The number of nitrogens with one attached hydrogen (secondary N) is 1. The molecule has 84 valence electrons. The highest BCUT2D eigenvalue weighted by Gasteiger charge is 2.31. The second-order valence-electron chi connectivity index (χ2n) is 4.14. The Morgan fingerprint density at radius 3 is 2.94 bits per heavy atom. The molecule has 16 heavy (non-hydrogen) atoms. The lowest BCUT2D eigenvalue weighted by atomic mass is 10.00. The first-order valence-electron chi connectivity index (χ1n) is 5.44. The molecule has 1 atom stereocenters. The maximum atomic E-state index is 12.0. The number of ether oxygens (including phenoxy) is 1. The third-order valence-corrected chi connectivity index (χ3v) is 4.18. The van der Waals surface area contributed by atoms with Gasteiger partial charge in [-0.05, 0) is 11.6 Å². The predicted molar refractivity (Wildman–Crippen MR) is 62.7 cm³/mol. The fourth-order valence-corrected chi connectivity index (χ4v) is 3.23. The van der Waals surface area contributed by atoms with Crippen molar-refractivity contribution in [1.29, 1.82) is 0 Å². The van der Waals surface area contributed by atoms with Crippen LogP contribution in [-0.2, 0) is 9.53 Å². The van der Waals surface area contributed by atoms with Gasteiger partial charge in [-0.3, -0.25) is 4.79 Å². The van der Waals surface area contributed by atoms with Gasteiger partial charge >= 0.3 is 0 Å². The maximum absolute atomic E-state index is 12.0. The molecule has 3 nitrogen and oxygen atoms in total. The third kappa shape index (κ3) is 1.72. The first-order chi connectivity index (χ1) is 7.84. The van der Waals surface area contributed by atoms with Gasteiger partial charge in [-0.1, -0.05) is 18.2 Å². The van der Waals surface area contributed by atoms with E-state index in [2.05, 4.69) is 17.4 Å². The lowest BCUT2D eigenvalue weighted by Gasteiger charge is -2.28. The van der Waals surface area contributed by atoms with E-state index in [1.807, 2.05) is 12.1 Å². The van der Waals surface area contributed by atoms with Crippen molar-refractivity contribution in [2.75, 3.05) is 19.0 Å². The average Bonchev–Trinajstić information content (AvgIpc) is 2.67. The predicted octanol–water partition coefficient (Wildman–Crippen LogP) is 1.39. The molecule has 1 aromatic carbocycles. The van der Waals surface area contributed by atoms with Crippen LogP contribution < -0.4 is 5.32 Å². The highest BCUT2D eigenvalue weighted by atomic mass is 32.2. The summed E-state index contributed by atoms with van der Waals surface area (Å²) in [6.07, 6.45) is 0. The van der Waals surface area contributed by atoms with E-state index in [-0.39, 0.29) is 17.9 Å². The number of rotatable bonds is 2. The number of amides is 1. The molecule has 0 aromatic heterocycles. The molecule has 2 heterocycles. The van der Waals surface area contributed by atoms with E-state index in [1.54, 1.807) is 11.8 Å². The van der Waals surface area contributed by atoms with Crippen LogP contribution in [0.1, 0.15) is 11.5 Å². The SMILES string of the molecule is O=C(NC1COC1)C1CSc2ccccc21. The standard InChI is InChI=1S/C12H13NO2S/c14-12(13-8-5-15-6-8)10-7-16-11-4-2-1-3-9(10)11/h1-4,8,10H,5-7H2,(H,13,14). The summed E-state index contributed by atoms with van der Waals surface area (Å²) in [4.78, 5) is 13.3. The summed E-state index contributed by atoms with van der Waals surface area (Å²) in [5, 5.41) is 3.02. The van der Waals surface area contributed by atoms with Crippen LogP contribution in [0.3, 0.4) is 0 Å². The number of carbonyl (C=O) groups excluding carboxylic acids is 1. The monoisotopic (exact) mass is 235 g/mol. The lowest BCUT2D eigenvalue weighted by Crippen LogP contribution is -2.50. The van der Waals surface area contributed by atoms with Crippen molar-refractivity contribution in [2.24, 2.45) is 0 Å². The number of carbonyl (C=O) groups is 1. The topological polar surface area (TPSA) is 38.3 Å². The van der Waals surface area contributed by atoms with Crippen LogP contribution in [0.25, 0.3) is 0 Å². The average molecular weight is 235 g/mol. The van der Waals surface area contributed by atoms with E-state index >= 15 is 0 Å². The summed E-state index contributed by atoms with van der Waals surface area (Å²) in [7, 11) is 0. The van der Waals surface area contributed by atoms with Crippen molar-refractivity contribution in [2.45, 2.75) is 16.9 Å². The smallest absolute Gasteiger partial charge is 0.228 e. The molecule has 1 amide bonds. The van der Waals surface area contributed by atoms with Crippen LogP contribution in [0, 0.1) is 0 Å². The van der Waals surface area contributed by atoms with Crippen molar-refractivity contribution in [1.82, 2.24) is 5.32 Å². The Hall–Kier alpha value is -1.00. The fraction of sp³-hybridized carbons (Fsp3) is 0.417. The van der Waals surface area contributed by atoms with Crippen molar-refractivity contribution in [3.05, 3.63) is 29.8 Å². The molecular weight excluding hydrogens is 222 g/mol. The summed E-state index contributed by atoms with van der Waals surface area (Å²) in [6.45, 7) is 1.32. The summed E-state index contributed by atoms with van der Waals surface area (Å²) in [5.41, 5.74) is 1.17. The third-order valence-electron chi connectivity index (χ3n) is 3.00. The molecule has 1 saturated heterocycles. The Bertz CT molecular complexity index is 417. The van der Waals surface area contributed by atoms with Crippen LogP contribution in [-0.4, -0.2) is 30.9 Å². The fourth-order valence-electron chi connectivity index (χ4n) is 2.00. The summed E-state index contributed by atoms with van der Waals surface area (Å²) >= 11 is 1.76. The number of fused-ring (bicyclic) bond motifs is 1. The number of thioether (sulfide) groups is 1. The lowest BCUT2D eigenvalue weighted by molar-refractivity contribution is -0.126. The van der Waals surface area contributed by atoms with Gasteiger partial charge in [0.2, 0.25) is 5.91 Å². The first-order valence-corrected chi connectivity index (χ1v) is 6.43. The Morgan fingerprint density at radius 2 is 2.19 bits per heavy atom. The Labute approximate surface area is 98.6 Å². The van der Waals surface area contributed by atoms with E-state index in [9.17, 15) is 4.79 Å². The summed E-state index contributed by atoms with van der Waals surface area (Å²) < 4.78 is 5.05. The molecule has 0 radical (unpaired) electrons. The van der Waals surface area contributed by atoms with Gasteiger partial charge in [0.1, 0.15) is 0 Å². The van der Waals surface area contributed by atoms with E-state index in [0.717, 1.165) is 5.75 Å². The van der Waals surface area contributed by atoms with Crippen LogP contribution in [0.15, 0.2) is 29.2 Å². The molecule has 2 aliphatic heterocycles. The van der Waals surface area contributed by atoms with Gasteiger partial charge in [-0.25, -0.2) is 0 Å². The normalized spacial score (nSPS) is 23.6. The highest BCUT2D eigenvalue weighted by Crippen LogP contribution is 2.39. The molecule has 1 unspecified atom stereocenters. The molecule has 0 bridgehead atoms. The van der Waals surface area contributed by atoms with Crippen molar-refractivity contribution in [3.63, 3.8) is 0 Å². The molecule has 2 aliphatic rings. The highest BCUT2D eigenvalue weighted by molar-refractivity contribution is 7.99. The van der Waals surface area contributed by atoms with Crippen molar-refractivity contribution in [3.8, 4) is 0 Å². The van der Waals surface area contributed by atoms with E-state index in [1.165, 1.54) is 10.5 Å². The maximum Gasteiger partial charge on any atom is 0.228 e. The van der Waals surface area contributed by atoms with Crippen LogP contribution in [0.5, 0.6) is 0 Å². The van der Waals surface area contributed by atoms with Gasteiger partial charge in [0, 0.05) is 10.6 Å². The molecule has 3 rings (SSSR count). The van der Waals surface area contributed by atoms with Crippen molar-refractivity contribution >= 4 is 17.7 Å². The Morgan fingerprint density at radius 1 is 1.38 bits per heavy atom. The van der Waals surface area contributed by atoms with Gasteiger partial charge < -0.3 is 10.1 Å². The second-order valence-corrected chi connectivity index (χ2v) is 5.21. The summed E-state index contributed by atoms with van der Waals surface area (Å²) in [5.74, 6) is 1.02. The number of benzene rings is 1. The molecule has 0 spiro atoms. The van der Waals surface area contributed by atoms with Crippen molar-refractivity contribution < 1.29 is 9.53 Å². The van der Waals surface area contributed by atoms with E-state index < -0.39 is 0 Å². The summed E-state index contributed by atoms with van der Waals surface area (Å²) in [6, 6.07) is 8.38. The van der Waals surface area contributed by atoms with Gasteiger partial charge in [0.15, 0.2) is 0 Å². The minimum absolute atomic E-state index is 0.0156. The van der Waals surface area contributed by atoms with Gasteiger partial charge in [0.05, 0.1) is 25.2 Å². The number of hydrogen-bond donors (Lipinski definition) is 1. The minimum atomic E-state index is 0.0156. The molecular formula is C12H13NO2S. The molecule has 1 N–H and O–H groups in total. The second kappa shape index (κ2) is 4.11. The molecule has 0 saturated carbocycles. The zero-order valence-corrected chi connectivity index (χ0v) is 9.63. The van der Waals surface area contributed by atoms with Gasteiger partial charge in [0.25, 0.3) is 0 Å². The molecule has 1 aromatic rings. The minimum Gasteiger partial charge on any atom is -0.377 e. The van der Waals surface area contributed by atoms with Crippen LogP contribution in [0.4, 0.5) is 0 Å². The zero-order valence-electron chi connectivity index (χ0n) is 8.81. The quantitative estimate of drug-likeness (QED) is 0.842. The first kappa shape index (κ1) is 10.2. The van der Waals surface area contributed by atoms with Crippen LogP contribution in [0.2, 0.25) is 0 Å². The van der Waals surface area contributed by atoms with Crippen LogP contribution >= 0.6 is 11.8 Å². The number of hydrogen-bond acceptors (Lipinski definition) is 3. The molecule has 4 heteroatoms. The zero-order chi connectivity index (χ0) is 11.0. The molecule has 1 fully saturated rings.